The number of halogens is 3. The molecule has 0 aliphatic carbocycles. The van der Waals surface area contributed by atoms with Crippen LogP contribution in [0.5, 0.6) is 5.75 Å². The molecule has 1 amide bonds. The molecule has 2 rings (SSSR count). The third kappa shape index (κ3) is 7.06. The number of hydrogen-bond acceptors (Lipinski definition) is 7. The first-order valence-corrected chi connectivity index (χ1v) is 11.2. The maximum atomic E-state index is 12.7. The van der Waals surface area contributed by atoms with E-state index in [0.29, 0.717) is 10.9 Å². The summed E-state index contributed by atoms with van der Waals surface area (Å²) in [5.74, 6) is -1.15. The lowest BCUT2D eigenvalue weighted by Crippen LogP contribution is -2.44. The standard InChI is InChI=1S/C21H24F3NO7S/c1-20(2,3)31-19(28)25-16(17(27)12-26)10-8-13-9-11-18(15-7-5-4-6-14(13)15)32-33(29,30)21(22,23)24/h4-7,9,11,16,26H,8,10,12H2,1-3H3,(H,25,28)/t16-/m0/s1. The second-order valence-corrected chi connectivity index (χ2v) is 9.65. The molecule has 0 radical (unpaired) electrons. The highest BCUT2D eigenvalue weighted by molar-refractivity contribution is 7.88. The molecule has 12 heteroatoms. The molecule has 2 aromatic rings. The summed E-state index contributed by atoms with van der Waals surface area (Å²) in [6.07, 6.45) is -0.636. The van der Waals surface area contributed by atoms with Crippen LogP contribution in [0.2, 0.25) is 0 Å². The van der Waals surface area contributed by atoms with Crippen LogP contribution in [0.3, 0.4) is 0 Å². The molecule has 0 aliphatic rings. The van der Waals surface area contributed by atoms with E-state index in [4.69, 9.17) is 4.74 Å². The molecule has 2 N–H and O–H groups in total. The lowest BCUT2D eigenvalue weighted by Gasteiger charge is -2.23. The van der Waals surface area contributed by atoms with Crippen molar-refractivity contribution in [3.63, 3.8) is 0 Å². The Morgan fingerprint density at radius 3 is 2.21 bits per heavy atom. The monoisotopic (exact) mass is 491 g/mol. The maximum absolute atomic E-state index is 12.7. The molecule has 0 aromatic heterocycles. The summed E-state index contributed by atoms with van der Waals surface area (Å²) in [6, 6.07) is 7.44. The predicted molar refractivity (Wildman–Crippen MR) is 113 cm³/mol. The first kappa shape index (κ1) is 26.4. The lowest BCUT2D eigenvalue weighted by atomic mass is 9.97. The zero-order valence-electron chi connectivity index (χ0n) is 18.1. The van der Waals surface area contributed by atoms with Gasteiger partial charge in [-0.15, -0.1) is 0 Å². The van der Waals surface area contributed by atoms with Gasteiger partial charge in [0.1, 0.15) is 12.2 Å². The van der Waals surface area contributed by atoms with Crippen molar-refractivity contribution in [2.24, 2.45) is 0 Å². The van der Waals surface area contributed by atoms with Crippen molar-refractivity contribution in [1.82, 2.24) is 5.32 Å². The van der Waals surface area contributed by atoms with Crippen molar-refractivity contribution in [3.05, 3.63) is 42.0 Å². The Balaban J connectivity index is 2.29. The first-order chi connectivity index (χ1) is 15.1. The predicted octanol–water partition coefficient (Wildman–Crippen LogP) is 3.46. The van der Waals surface area contributed by atoms with Crippen LogP contribution in [0.1, 0.15) is 32.8 Å². The molecule has 0 unspecified atom stereocenters. The lowest BCUT2D eigenvalue weighted by molar-refractivity contribution is -0.124. The summed E-state index contributed by atoms with van der Waals surface area (Å²) in [5.41, 5.74) is -5.83. The van der Waals surface area contributed by atoms with Crippen molar-refractivity contribution in [2.75, 3.05) is 6.61 Å². The van der Waals surface area contributed by atoms with Gasteiger partial charge in [0, 0.05) is 5.39 Å². The van der Waals surface area contributed by atoms with Gasteiger partial charge in [0.25, 0.3) is 0 Å². The maximum Gasteiger partial charge on any atom is 0.534 e. The number of fused-ring (bicyclic) bond motifs is 1. The van der Waals surface area contributed by atoms with Gasteiger partial charge in [-0.3, -0.25) is 4.79 Å². The number of carbonyl (C=O) groups excluding carboxylic acids is 2. The van der Waals surface area contributed by atoms with Crippen molar-refractivity contribution in [2.45, 2.75) is 50.8 Å². The van der Waals surface area contributed by atoms with E-state index in [1.165, 1.54) is 18.2 Å². The SMILES string of the molecule is CC(C)(C)OC(=O)N[C@@H](CCc1ccc(OS(=O)(=O)C(F)(F)F)c2ccccc12)C(=O)CO. The molecule has 0 saturated carbocycles. The van der Waals surface area contributed by atoms with E-state index in [2.05, 4.69) is 9.50 Å². The third-order valence-corrected chi connectivity index (χ3v) is 5.36. The summed E-state index contributed by atoms with van der Waals surface area (Å²) in [5, 5.41) is 12.1. The van der Waals surface area contributed by atoms with Gasteiger partial charge in [-0.25, -0.2) is 4.79 Å². The first-order valence-electron chi connectivity index (χ1n) is 9.79. The van der Waals surface area contributed by atoms with Crippen LogP contribution in [0.15, 0.2) is 36.4 Å². The molecule has 33 heavy (non-hydrogen) atoms. The van der Waals surface area contributed by atoms with Gasteiger partial charge in [0.2, 0.25) is 0 Å². The van der Waals surface area contributed by atoms with E-state index in [0.717, 1.165) is 6.07 Å². The number of hydrogen-bond donors (Lipinski definition) is 2. The van der Waals surface area contributed by atoms with Crippen molar-refractivity contribution < 1.29 is 45.2 Å². The zero-order chi connectivity index (χ0) is 25.0. The number of ether oxygens (including phenoxy) is 1. The van der Waals surface area contributed by atoms with Crippen LogP contribution in [0.4, 0.5) is 18.0 Å². The Morgan fingerprint density at radius 2 is 1.67 bits per heavy atom. The van der Waals surface area contributed by atoms with Crippen LogP contribution < -0.4 is 9.50 Å². The van der Waals surface area contributed by atoms with Crippen molar-refractivity contribution in [1.29, 1.82) is 0 Å². The van der Waals surface area contributed by atoms with E-state index in [-0.39, 0.29) is 18.2 Å². The molecule has 0 saturated heterocycles. The fourth-order valence-electron chi connectivity index (χ4n) is 2.96. The second kappa shape index (κ2) is 9.96. The Labute approximate surface area is 188 Å². The number of aryl methyl sites for hydroxylation is 1. The molecule has 0 aliphatic heterocycles. The molecular weight excluding hydrogens is 467 g/mol. The van der Waals surface area contributed by atoms with Gasteiger partial charge < -0.3 is 19.3 Å². The highest BCUT2D eigenvalue weighted by atomic mass is 32.2. The molecule has 0 spiro atoms. The number of alkyl carbamates (subject to hydrolysis) is 1. The average molecular weight is 491 g/mol. The number of benzene rings is 2. The number of rotatable bonds is 8. The van der Waals surface area contributed by atoms with Crippen LogP contribution >= 0.6 is 0 Å². The molecule has 2 aromatic carbocycles. The van der Waals surface area contributed by atoms with E-state index in [9.17, 15) is 36.3 Å². The van der Waals surface area contributed by atoms with Gasteiger partial charge in [-0.1, -0.05) is 30.3 Å². The number of ketones is 1. The second-order valence-electron chi connectivity index (χ2n) is 8.11. The Hall–Kier alpha value is -2.86. The molecule has 0 bridgehead atoms. The van der Waals surface area contributed by atoms with E-state index < -0.39 is 51.5 Å². The van der Waals surface area contributed by atoms with Crippen molar-refractivity contribution in [3.8, 4) is 5.75 Å². The molecule has 0 heterocycles. The fourth-order valence-corrected chi connectivity index (χ4v) is 3.44. The number of aliphatic hydroxyl groups excluding tert-OH is 1. The van der Waals surface area contributed by atoms with Crippen LogP contribution in [0.25, 0.3) is 10.8 Å². The largest absolute Gasteiger partial charge is 0.534 e. The summed E-state index contributed by atoms with van der Waals surface area (Å²) in [6.45, 7) is 4.11. The molecule has 182 valence electrons. The minimum absolute atomic E-state index is 0.0453. The summed E-state index contributed by atoms with van der Waals surface area (Å²) >= 11 is 0. The summed E-state index contributed by atoms with van der Waals surface area (Å²) in [4.78, 5) is 24.1. The topological polar surface area (TPSA) is 119 Å². The molecule has 0 fully saturated rings. The number of alkyl halides is 3. The van der Waals surface area contributed by atoms with E-state index in [1.54, 1.807) is 32.9 Å². The highest BCUT2D eigenvalue weighted by Gasteiger charge is 2.48. The summed E-state index contributed by atoms with van der Waals surface area (Å²) < 4.78 is 70.4. The Bertz CT molecular complexity index is 1120. The van der Waals surface area contributed by atoms with Gasteiger partial charge in [-0.05, 0) is 50.6 Å². The molecule has 8 nitrogen and oxygen atoms in total. The van der Waals surface area contributed by atoms with Crippen LogP contribution in [-0.4, -0.2) is 49.2 Å². The van der Waals surface area contributed by atoms with E-state index in [1.807, 2.05) is 0 Å². The Kier molecular flexibility index (Phi) is 7.96. The molecule has 1 atom stereocenters. The quantitative estimate of drug-likeness (QED) is 0.429. The van der Waals surface area contributed by atoms with Gasteiger partial charge in [-0.2, -0.15) is 21.6 Å². The number of carbonyl (C=O) groups is 2. The van der Waals surface area contributed by atoms with Crippen LogP contribution in [0, 0.1) is 0 Å². The van der Waals surface area contributed by atoms with E-state index >= 15 is 0 Å². The van der Waals surface area contributed by atoms with Gasteiger partial charge in [0.05, 0.1) is 6.04 Å². The van der Waals surface area contributed by atoms with Crippen molar-refractivity contribution >= 4 is 32.8 Å². The number of aliphatic hydroxyl groups is 1. The minimum Gasteiger partial charge on any atom is -0.444 e. The Morgan fingerprint density at radius 1 is 1.06 bits per heavy atom. The smallest absolute Gasteiger partial charge is 0.444 e. The van der Waals surface area contributed by atoms with Crippen LogP contribution in [-0.2, 0) is 26.1 Å². The number of amides is 1. The third-order valence-electron chi connectivity index (χ3n) is 4.40. The highest BCUT2D eigenvalue weighted by Crippen LogP contribution is 2.33. The number of Topliss-reactive ketones (excluding diaryl/α,β-unsaturated/α-hetero) is 1. The van der Waals surface area contributed by atoms with Gasteiger partial charge in [0.15, 0.2) is 11.5 Å². The minimum atomic E-state index is -5.86. The summed E-state index contributed by atoms with van der Waals surface area (Å²) in [7, 11) is -5.86. The normalized spacial score (nSPS) is 13.4. The molecular formula is C21H24F3NO7S. The number of nitrogens with one attached hydrogen (secondary N) is 1. The average Bonchev–Trinajstić information content (AvgIpc) is 2.69. The fraction of sp³-hybridized carbons (Fsp3) is 0.429. The van der Waals surface area contributed by atoms with Gasteiger partial charge >= 0.3 is 21.7 Å². The zero-order valence-corrected chi connectivity index (χ0v) is 18.9.